The highest BCUT2D eigenvalue weighted by molar-refractivity contribution is 4.80. The normalized spacial score (nSPS) is 17.1. The van der Waals surface area contributed by atoms with Crippen LogP contribution in [0.2, 0.25) is 0 Å². The second-order valence-corrected chi connectivity index (χ2v) is 5.00. The lowest BCUT2D eigenvalue weighted by molar-refractivity contribution is 0.135. The van der Waals surface area contributed by atoms with E-state index in [0.29, 0.717) is 17.4 Å². The van der Waals surface area contributed by atoms with E-state index in [2.05, 4.69) is 33.0 Å². The van der Waals surface area contributed by atoms with Crippen molar-refractivity contribution in [3.05, 3.63) is 0 Å². The van der Waals surface area contributed by atoms with Gasteiger partial charge in [-0.15, -0.1) is 0 Å². The number of ether oxygens (including phenoxy) is 1. The second kappa shape index (κ2) is 5.61. The Labute approximate surface area is 83.1 Å². The van der Waals surface area contributed by atoms with E-state index in [-0.39, 0.29) is 0 Å². The van der Waals surface area contributed by atoms with Crippen LogP contribution < -0.4 is 5.32 Å². The number of hydrogen-bond acceptors (Lipinski definition) is 2. The van der Waals surface area contributed by atoms with E-state index in [4.69, 9.17) is 4.74 Å². The van der Waals surface area contributed by atoms with Crippen molar-refractivity contribution >= 4 is 0 Å². The lowest BCUT2D eigenvalue weighted by Gasteiger charge is -2.32. The highest BCUT2D eigenvalue weighted by Crippen LogP contribution is 2.24. The Hall–Kier alpha value is -0.0800. The maximum absolute atomic E-state index is 5.13. The molecule has 2 nitrogen and oxygen atoms in total. The fraction of sp³-hybridized carbons (Fsp3) is 1.00. The summed E-state index contributed by atoms with van der Waals surface area (Å²) < 4.78 is 5.13. The Morgan fingerprint density at radius 2 is 1.85 bits per heavy atom. The maximum atomic E-state index is 5.13. The van der Waals surface area contributed by atoms with Crippen molar-refractivity contribution in [2.24, 2.45) is 11.3 Å². The molecule has 0 aliphatic carbocycles. The molecule has 2 heteroatoms. The van der Waals surface area contributed by atoms with Gasteiger partial charge >= 0.3 is 0 Å². The predicted octanol–water partition coefficient (Wildman–Crippen LogP) is 2.29. The average molecular weight is 187 g/mol. The van der Waals surface area contributed by atoms with E-state index >= 15 is 0 Å². The smallest absolute Gasteiger partial charge is 0.0488 e. The van der Waals surface area contributed by atoms with Gasteiger partial charge in [0.1, 0.15) is 0 Å². The molecule has 0 radical (unpaired) electrons. The Morgan fingerprint density at radius 3 is 2.15 bits per heavy atom. The Bertz CT molecular complexity index is 129. The minimum atomic E-state index is 0.330. The highest BCUT2D eigenvalue weighted by atomic mass is 16.5. The molecule has 80 valence electrons. The van der Waals surface area contributed by atoms with Crippen LogP contribution in [0.15, 0.2) is 0 Å². The van der Waals surface area contributed by atoms with Crippen LogP contribution in [-0.4, -0.2) is 26.8 Å². The monoisotopic (exact) mass is 187 g/mol. The molecule has 0 heterocycles. The van der Waals surface area contributed by atoms with Gasteiger partial charge in [-0.05, 0) is 24.8 Å². The zero-order valence-electron chi connectivity index (χ0n) is 9.98. The summed E-state index contributed by atoms with van der Waals surface area (Å²) in [4.78, 5) is 0. The molecule has 0 saturated carbocycles. The number of hydrogen-bond donors (Lipinski definition) is 1. The summed E-state index contributed by atoms with van der Waals surface area (Å²) in [6.07, 6.45) is 1.17. The van der Waals surface area contributed by atoms with Crippen molar-refractivity contribution in [3.8, 4) is 0 Å². The molecule has 0 aromatic heterocycles. The third-order valence-electron chi connectivity index (χ3n) is 2.48. The molecule has 0 spiro atoms. The maximum Gasteiger partial charge on any atom is 0.0488 e. The van der Waals surface area contributed by atoms with Gasteiger partial charge in [-0.25, -0.2) is 0 Å². The third kappa shape index (κ3) is 5.27. The first kappa shape index (κ1) is 12.9. The molecule has 0 aromatic carbocycles. The third-order valence-corrected chi connectivity index (χ3v) is 2.48. The van der Waals surface area contributed by atoms with Gasteiger partial charge in [-0.1, -0.05) is 27.7 Å². The molecule has 2 atom stereocenters. The first-order valence-electron chi connectivity index (χ1n) is 5.08. The van der Waals surface area contributed by atoms with Crippen molar-refractivity contribution in [1.82, 2.24) is 5.32 Å². The Morgan fingerprint density at radius 1 is 1.31 bits per heavy atom. The van der Waals surface area contributed by atoms with Crippen molar-refractivity contribution < 1.29 is 4.74 Å². The summed E-state index contributed by atoms with van der Waals surface area (Å²) in [5.41, 5.74) is 0.330. The van der Waals surface area contributed by atoms with E-state index in [0.717, 1.165) is 6.61 Å². The largest absolute Gasteiger partial charge is 0.384 e. The van der Waals surface area contributed by atoms with Crippen molar-refractivity contribution in [3.63, 3.8) is 0 Å². The molecule has 1 N–H and O–H groups in total. The van der Waals surface area contributed by atoms with Crippen molar-refractivity contribution in [1.29, 1.82) is 0 Å². The fourth-order valence-corrected chi connectivity index (χ4v) is 1.66. The molecule has 0 aliphatic heterocycles. The van der Waals surface area contributed by atoms with E-state index < -0.39 is 0 Å². The number of methoxy groups -OCH3 is 1. The molecular weight excluding hydrogens is 162 g/mol. The summed E-state index contributed by atoms with van der Waals surface area (Å²) in [6, 6.07) is 0.567. The van der Waals surface area contributed by atoms with Crippen LogP contribution in [0.5, 0.6) is 0 Å². The highest BCUT2D eigenvalue weighted by Gasteiger charge is 2.24. The molecule has 0 saturated heterocycles. The molecule has 13 heavy (non-hydrogen) atoms. The van der Waals surface area contributed by atoms with E-state index in [9.17, 15) is 0 Å². The summed E-state index contributed by atoms with van der Waals surface area (Å²) in [6.45, 7) is 9.91. The fourth-order valence-electron chi connectivity index (χ4n) is 1.66. The van der Waals surface area contributed by atoms with E-state index in [1.165, 1.54) is 6.42 Å². The van der Waals surface area contributed by atoms with Gasteiger partial charge in [0.05, 0.1) is 0 Å². The van der Waals surface area contributed by atoms with Crippen molar-refractivity contribution in [2.45, 2.75) is 40.2 Å². The zero-order valence-corrected chi connectivity index (χ0v) is 9.98. The van der Waals surface area contributed by atoms with Gasteiger partial charge in [-0.3, -0.25) is 0 Å². The first-order valence-corrected chi connectivity index (χ1v) is 5.08. The standard InChI is InChI=1S/C11H25NO/c1-9(8-13-6)7-10(12-5)11(2,3)4/h9-10,12H,7-8H2,1-6H3. The van der Waals surface area contributed by atoms with Gasteiger partial charge in [0, 0.05) is 19.8 Å². The van der Waals surface area contributed by atoms with E-state index in [1.54, 1.807) is 7.11 Å². The summed E-state index contributed by atoms with van der Waals surface area (Å²) in [5, 5.41) is 3.38. The second-order valence-electron chi connectivity index (χ2n) is 5.00. The molecule has 0 fully saturated rings. The number of rotatable bonds is 5. The molecule has 2 unspecified atom stereocenters. The Balaban J connectivity index is 3.98. The minimum Gasteiger partial charge on any atom is -0.384 e. The topological polar surface area (TPSA) is 21.3 Å². The average Bonchev–Trinajstić information content (AvgIpc) is 1.98. The van der Waals surface area contributed by atoms with Gasteiger partial charge in [0.15, 0.2) is 0 Å². The number of nitrogens with one attached hydrogen (secondary N) is 1. The summed E-state index contributed by atoms with van der Waals surface area (Å²) >= 11 is 0. The van der Waals surface area contributed by atoms with Crippen LogP contribution in [0.1, 0.15) is 34.1 Å². The summed E-state index contributed by atoms with van der Waals surface area (Å²) in [7, 11) is 3.80. The lowest BCUT2D eigenvalue weighted by atomic mass is 9.82. The van der Waals surface area contributed by atoms with Crippen molar-refractivity contribution in [2.75, 3.05) is 20.8 Å². The molecule has 0 amide bonds. The van der Waals surface area contributed by atoms with Crippen LogP contribution in [-0.2, 0) is 4.74 Å². The van der Waals surface area contributed by atoms with Crippen LogP contribution in [0.4, 0.5) is 0 Å². The van der Waals surface area contributed by atoms with Crippen LogP contribution in [0.25, 0.3) is 0 Å². The van der Waals surface area contributed by atoms with E-state index in [1.807, 2.05) is 7.05 Å². The van der Waals surface area contributed by atoms with Crippen LogP contribution in [0, 0.1) is 11.3 Å². The van der Waals surface area contributed by atoms with Gasteiger partial charge in [0.2, 0.25) is 0 Å². The van der Waals surface area contributed by atoms with Gasteiger partial charge in [-0.2, -0.15) is 0 Å². The molecule has 0 aromatic rings. The predicted molar refractivity (Wildman–Crippen MR) is 58.0 cm³/mol. The van der Waals surface area contributed by atoms with Crippen LogP contribution >= 0.6 is 0 Å². The minimum absolute atomic E-state index is 0.330. The van der Waals surface area contributed by atoms with Gasteiger partial charge in [0.25, 0.3) is 0 Å². The SMILES string of the molecule is CNC(CC(C)COC)C(C)(C)C. The quantitative estimate of drug-likeness (QED) is 0.713. The Kier molecular flexibility index (Phi) is 5.57. The molecular formula is C11H25NO. The molecule has 0 rings (SSSR count). The molecule has 0 aliphatic rings. The van der Waals surface area contributed by atoms with Gasteiger partial charge < -0.3 is 10.1 Å². The van der Waals surface area contributed by atoms with Crippen LogP contribution in [0.3, 0.4) is 0 Å². The molecule has 0 bridgehead atoms. The first-order chi connectivity index (χ1) is 5.91. The lowest BCUT2D eigenvalue weighted by Crippen LogP contribution is -2.39. The summed E-state index contributed by atoms with van der Waals surface area (Å²) in [5.74, 6) is 0.627. The zero-order chi connectivity index (χ0) is 10.5.